The first-order chi connectivity index (χ1) is 12.6. The maximum atomic E-state index is 12.7. The fourth-order valence-corrected chi connectivity index (χ4v) is 3.60. The monoisotopic (exact) mass is 349 g/mol. The molecule has 1 aromatic heterocycles. The third-order valence-electron chi connectivity index (χ3n) is 5.09. The summed E-state index contributed by atoms with van der Waals surface area (Å²) < 4.78 is 13.3. The van der Waals surface area contributed by atoms with E-state index in [0.717, 1.165) is 33.5 Å². The largest absolute Gasteiger partial charge is 0.497 e. The Balaban J connectivity index is 1.51. The number of carbonyl (C=O) groups is 1. The highest BCUT2D eigenvalue weighted by atomic mass is 16.5. The molecule has 0 saturated heterocycles. The molecule has 1 aliphatic rings. The summed E-state index contributed by atoms with van der Waals surface area (Å²) in [6.07, 6.45) is 2.42. The second kappa shape index (κ2) is 6.52. The number of ether oxygens (including phenoxy) is 2. The summed E-state index contributed by atoms with van der Waals surface area (Å²) in [5, 5.41) is 2.14. The SMILES string of the molecule is COc1ccc2ccc(OCC(=O)c3cc(C)n(C4CC4)c3C)cc2c1. The van der Waals surface area contributed by atoms with Gasteiger partial charge in [-0.25, -0.2) is 0 Å². The van der Waals surface area contributed by atoms with Crippen LogP contribution in [0.5, 0.6) is 11.5 Å². The molecule has 4 heteroatoms. The van der Waals surface area contributed by atoms with Crippen LogP contribution in [0.4, 0.5) is 0 Å². The average Bonchev–Trinajstić information content (AvgIpc) is 3.43. The molecule has 1 saturated carbocycles. The van der Waals surface area contributed by atoms with Gasteiger partial charge in [-0.1, -0.05) is 12.1 Å². The summed E-state index contributed by atoms with van der Waals surface area (Å²) in [6, 6.07) is 14.3. The Morgan fingerprint density at radius 3 is 2.42 bits per heavy atom. The van der Waals surface area contributed by atoms with Crippen molar-refractivity contribution >= 4 is 16.6 Å². The first-order valence-electron chi connectivity index (χ1n) is 8.99. The third kappa shape index (κ3) is 3.07. The zero-order valence-corrected chi connectivity index (χ0v) is 15.4. The number of hydrogen-bond donors (Lipinski definition) is 0. The lowest BCUT2D eigenvalue weighted by Gasteiger charge is -2.09. The highest BCUT2D eigenvalue weighted by Gasteiger charge is 2.28. The highest BCUT2D eigenvalue weighted by Crippen LogP contribution is 2.38. The van der Waals surface area contributed by atoms with Crippen LogP contribution < -0.4 is 9.47 Å². The molecule has 0 spiro atoms. The zero-order valence-electron chi connectivity index (χ0n) is 15.4. The molecular formula is C22H23NO3. The molecule has 26 heavy (non-hydrogen) atoms. The van der Waals surface area contributed by atoms with E-state index in [1.807, 2.05) is 49.4 Å². The van der Waals surface area contributed by atoms with Crippen molar-refractivity contribution in [2.24, 2.45) is 0 Å². The Morgan fingerprint density at radius 2 is 1.73 bits per heavy atom. The van der Waals surface area contributed by atoms with E-state index in [4.69, 9.17) is 9.47 Å². The van der Waals surface area contributed by atoms with Crippen molar-refractivity contribution in [2.75, 3.05) is 13.7 Å². The molecule has 1 heterocycles. The van der Waals surface area contributed by atoms with Crippen LogP contribution in [-0.4, -0.2) is 24.1 Å². The van der Waals surface area contributed by atoms with Crippen molar-refractivity contribution in [1.82, 2.24) is 4.57 Å². The van der Waals surface area contributed by atoms with E-state index in [2.05, 4.69) is 11.5 Å². The van der Waals surface area contributed by atoms with E-state index in [9.17, 15) is 4.79 Å². The van der Waals surface area contributed by atoms with Gasteiger partial charge in [0.05, 0.1) is 7.11 Å². The van der Waals surface area contributed by atoms with Crippen LogP contribution in [-0.2, 0) is 0 Å². The summed E-state index contributed by atoms with van der Waals surface area (Å²) in [7, 11) is 1.65. The molecular weight excluding hydrogens is 326 g/mol. The van der Waals surface area contributed by atoms with Crippen molar-refractivity contribution in [3.63, 3.8) is 0 Å². The van der Waals surface area contributed by atoms with E-state index in [-0.39, 0.29) is 12.4 Å². The Labute approximate surface area is 153 Å². The van der Waals surface area contributed by atoms with Gasteiger partial charge in [-0.2, -0.15) is 0 Å². The first-order valence-corrected chi connectivity index (χ1v) is 8.99. The van der Waals surface area contributed by atoms with Gasteiger partial charge in [0.15, 0.2) is 6.61 Å². The van der Waals surface area contributed by atoms with Crippen LogP contribution in [0.3, 0.4) is 0 Å². The molecule has 0 aliphatic heterocycles. The number of aromatic nitrogens is 1. The molecule has 1 aliphatic carbocycles. The zero-order chi connectivity index (χ0) is 18.3. The number of nitrogens with zero attached hydrogens (tertiary/aromatic N) is 1. The van der Waals surface area contributed by atoms with Crippen LogP contribution in [0.15, 0.2) is 42.5 Å². The lowest BCUT2D eigenvalue weighted by molar-refractivity contribution is 0.0921. The van der Waals surface area contributed by atoms with Gasteiger partial charge in [0, 0.05) is 23.0 Å². The number of rotatable bonds is 6. The van der Waals surface area contributed by atoms with Crippen molar-refractivity contribution in [2.45, 2.75) is 32.7 Å². The molecule has 4 nitrogen and oxygen atoms in total. The van der Waals surface area contributed by atoms with Gasteiger partial charge in [-0.15, -0.1) is 0 Å². The number of methoxy groups -OCH3 is 1. The third-order valence-corrected chi connectivity index (χ3v) is 5.09. The lowest BCUT2D eigenvalue weighted by atomic mass is 10.1. The molecule has 0 bridgehead atoms. The Kier molecular flexibility index (Phi) is 4.19. The predicted octanol–water partition coefficient (Wildman–Crippen LogP) is 4.86. The minimum atomic E-state index is 0.0238. The van der Waals surface area contributed by atoms with Crippen molar-refractivity contribution in [3.8, 4) is 11.5 Å². The molecule has 0 unspecified atom stereocenters. The van der Waals surface area contributed by atoms with Gasteiger partial charge in [-0.05, 0) is 67.8 Å². The topological polar surface area (TPSA) is 40.5 Å². The Morgan fingerprint density at radius 1 is 1.04 bits per heavy atom. The summed E-state index contributed by atoms with van der Waals surface area (Å²) in [4.78, 5) is 12.7. The van der Waals surface area contributed by atoms with E-state index in [0.29, 0.717) is 11.8 Å². The van der Waals surface area contributed by atoms with Crippen molar-refractivity contribution in [3.05, 3.63) is 59.4 Å². The standard InChI is InChI=1S/C22H23NO3/c1-14-10-21(15(2)23(14)18-6-7-18)22(24)13-26-20-9-5-16-4-8-19(25-3)11-17(16)12-20/h4-5,8-12,18H,6-7,13H2,1-3H3. The van der Waals surface area contributed by atoms with Crippen molar-refractivity contribution < 1.29 is 14.3 Å². The van der Waals surface area contributed by atoms with Gasteiger partial charge in [0.25, 0.3) is 0 Å². The number of Topliss-reactive ketones (excluding diaryl/α,β-unsaturated/α-hetero) is 1. The van der Waals surface area contributed by atoms with E-state index >= 15 is 0 Å². The van der Waals surface area contributed by atoms with Gasteiger partial charge >= 0.3 is 0 Å². The molecule has 0 amide bonds. The first kappa shape index (κ1) is 16.7. The normalized spacial score (nSPS) is 13.8. The maximum absolute atomic E-state index is 12.7. The molecule has 1 fully saturated rings. The highest BCUT2D eigenvalue weighted by molar-refractivity contribution is 5.98. The Bertz CT molecular complexity index is 982. The van der Waals surface area contributed by atoms with Crippen LogP contribution >= 0.6 is 0 Å². The number of hydrogen-bond acceptors (Lipinski definition) is 3. The minimum Gasteiger partial charge on any atom is -0.497 e. The number of ketones is 1. The van der Waals surface area contributed by atoms with E-state index < -0.39 is 0 Å². The Hall–Kier alpha value is -2.75. The molecule has 0 atom stereocenters. The molecule has 2 aromatic carbocycles. The summed E-state index contributed by atoms with van der Waals surface area (Å²) >= 11 is 0. The summed E-state index contributed by atoms with van der Waals surface area (Å²) in [6.45, 7) is 4.14. The maximum Gasteiger partial charge on any atom is 0.202 e. The van der Waals surface area contributed by atoms with Crippen LogP contribution in [0.25, 0.3) is 10.8 Å². The average molecular weight is 349 g/mol. The summed E-state index contributed by atoms with van der Waals surface area (Å²) in [5.74, 6) is 1.52. The number of aryl methyl sites for hydroxylation is 1. The van der Waals surface area contributed by atoms with Crippen LogP contribution in [0.2, 0.25) is 0 Å². The van der Waals surface area contributed by atoms with Gasteiger partial charge < -0.3 is 14.0 Å². The quantitative estimate of drug-likeness (QED) is 0.597. The predicted molar refractivity (Wildman–Crippen MR) is 103 cm³/mol. The molecule has 3 aromatic rings. The minimum absolute atomic E-state index is 0.0238. The smallest absolute Gasteiger partial charge is 0.202 e. The van der Waals surface area contributed by atoms with Gasteiger partial charge in [0.2, 0.25) is 5.78 Å². The van der Waals surface area contributed by atoms with Gasteiger partial charge in [0.1, 0.15) is 11.5 Å². The van der Waals surface area contributed by atoms with Crippen molar-refractivity contribution in [1.29, 1.82) is 0 Å². The summed E-state index contributed by atoms with van der Waals surface area (Å²) in [5.41, 5.74) is 2.99. The molecule has 0 N–H and O–H groups in total. The number of benzene rings is 2. The molecule has 0 radical (unpaired) electrons. The van der Waals surface area contributed by atoms with E-state index in [1.54, 1.807) is 7.11 Å². The van der Waals surface area contributed by atoms with Gasteiger partial charge in [-0.3, -0.25) is 4.79 Å². The van der Waals surface area contributed by atoms with Crippen LogP contribution in [0, 0.1) is 13.8 Å². The second-order valence-corrected chi connectivity index (χ2v) is 6.97. The lowest BCUT2D eigenvalue weighted by Crippen LogP contribution is -2.12. The fraction of sp³-hybridized carbons (Fsp3) is 0.318. The number of carbonyl (C=O) groups excluding carboxylic acids is 1. The molecule has 134 valence electrons. The number of fused-ring (bicyclic) bond motifs is 1. The fourth-order valence-electron chi connectivity index (χ4n) is 3.60. The van der Waals surface area contributed by atoms with Crippen LogP contribution in [0.1, 0.15) is 40.6 Å². The van der Waals surface area contributed by atoms with E-state index in [1.165, 1.54) is 12.8 Å². The molecule has 4 rings (SSSR count). The second-order valence-electron chi connectivity index (χ2n) is 6.97.